The number of thioether (sulfide) groups is 1. The third-order valence-electron chi connectivity index (χ3n) is 4.41. The van der Waals surface area contributed by atoms with Crippen molar-refractivity contribution in [3.8, 4) is 0 Å². The van der Waals surface area contributed by atoms with Crippen LogP contribution in [-0.2, 0) is 9.59 Å². The van der Waals surface area contributed by atoms with E-state index < -0.39 is 23.8 Å². The third kappa shape index (κ3) is 3.51. The van der Waals surface area contributed by atoms with Crippen molar-refractivity contribution in [1.82, 2.24) is 10.3 Å². The largest absolute Gasteiger partial charge is 0.480 e. The Kier molecular flexibility index (Phi) is 5.41. The Morgan fingerprint density at radius 1 is 1.07 bits per heavy atom. The molecule has 0 saturated carbocycles. The number of hydrogen-bond donors (Lipinski definition) is 2. The van der Waals surface area contributed by atoms with Crippen molar-refractivity contribution in [1.29, 1.82) is 0 Å². The molecule has 2 saturated heterocycles. The lowest BCUT2D eigenvalue weighted by atomic mass is 10.2. The SMILES string of the molecule is O=C(O)CNC(=O)c1cccc(N2C(=S)SC3C(=O)N(c4ccccc4)C(=S)N32)c1. The first-order valence-corrected chi connectivity index (χ1v) is 10.4. The highest BCUT2D eigenvalue weighted by molar-refractivity contribution is 8.24. The van der Waals surface area contributed by atoms with Crippen molar-refractivity contribution in [2.75, 3.05) is 16.5 Å². The van der Waals surface area contributed by atoms with Crippen LogP contribution >= 0.6 is 36.2 Å². The molecule has 2 fully saturated rings. The molecule has 0 aromatic heterocycles. The number of benzene rings is 2. The van der Waals surface area contributed by atoms with Crippen LogP contribution in [-0.4, -0.2) is 49.3 Å². The summed E-state index contributed by atoms with van der Waals surface area (Å²) in [7, 11) is 0. The molecule has 4 rings (SSSR count). The number of amides is 2. The topological polar surface area (TPSA) is 93.2 Å². The standard InChI is InChI=1S/C19H14N4O4S3/c24-14(25)10-20-15(26)11-5-4-8-13(9-11)22-19(29)30-17-16(27)21(18(28)23(17)22)12-6-2-1-3-7-12/h1-9,17H,10H2,(H,20,26)(H,24,25). The average Bonchev–Trinajstić information content (AvgIpc) is 3.20. The van der Waals surface area contributed by atoms with E-state index in [-0.39, 0.29) is 16.6 Å². The molecule has 0 spiro atoms. The van der Waals surface area contributed by atoms with Crippen LogP contribution in [0.2, 0.25) is 0 Å². The maximum atomic E-state index is 13.0. The summed E-state index contributed by atoms with van der Waals surface area (Å²) in [4.78, 5) is 37.4. The first-order valence-electron chi connectivity index (χ1n) is 8.71. The fraction of sp³-hybridized carbons (Fsp3) is 0.105. The molecule has 2 amide bonds. The van der Waals surface area contributed by atoms with E-state index >= 15 is 0 Å². The highest BCUT2D eigenvalue weighted by Crippen LogP contribution is 2.41. The summed E-state index contributed by atoms with van der Waals surface area (Å²) in [5.41, 5.74) is 1.47. The van der Waals surface area contributed by atoms with Gasteiger partial charge in [-0.2, -0.15) is 0 Å². The number of thiocarbonyl (C=S) groups is 2. The molecule has 2 aromatic rings. The number of carbonyl (C=O) groups is 3. The van der Waals surface area contributed by atoms with E-state index in [4.69, 9.17) is 29.5 Å². The Hall–Kier alpha value is -3.02. The van der Waals surface area contributed by atoms with Gasteiger partial charge in [0.15, 0.2) is 9.69 Å². The summed E-state index contributed by atoms with van der Waals surface area (Å²) in [5, 5.41) is 14.0. The zero-order valence-corrected chi connectivity index (χ0v) is 17.7. The maximum absolute atomic E-state index is 13.0. The van der Waals surface area contributed by atoms with Crippen LogP contribution in [0.5, 0.6) is 0 Å². The van der Waals surface area contributed by atoms with Gasteiger partial charge in [-0.15, -0.1) is 0 Å². The van der Waals surface area contributed by atoms with E-state index in [0.717, 1.165) is 0 Å². The normalized spacial score (nSPS) is 18.1. The smallest absolute Gasteiger partial charge is 0.322 e. The monoisotopic (exact) mass is 458 g/mol. The summed E-state index contributed by atoms with van der Waals surface area (Å²) in [5.74, 6) is -1.86. The second kappa shape index (κ2) is 8.01. The minimum Gasteiger partial charge on any atom is -0.480 e. The van der Waals surface area contributed by atoms with Crippen LogP contribution in [0, 0.1) is 0 Å². The van der Waals surface area contributed by atoms with Gasteiger partial charge >= 0.3 is 5.97 Å². The van der Waals surface area contributed by atoms with Crippen molar-refractivity contribution < 1.29 is 19.5 Å². The number of hydrogen-bond acceptors (Lipinski definition) is 6. The van der Waals surface area contributed by atoms with Crippen LogP contribution < -0.4 is 15.2 Å². The Morgan fingerprint density at radius 2 is 1.77 bits per heavy atom. The molecule has 0 aliphatic carbocycles. The number of anilines is 2. The molecule has 1 atom stereocenters. The quantitative estimate of drug-likeness (QED) is 0.654. The summed E-state index contributed by atoms with van der Waals surface area (Å²) in [6.07, 6.45) is 0. The third-order valence-corrected chi connectivity index (χ3v) is 6.24. The number of carboxylic acids is 1. The highest BCUT2D eigenvalue weighted by atomic mass is 32.2. The molecule has 152 valence electrons. The van der Waals surface area contributed by atoms with Crippen molar-refractivity contribution in [3.05, 3.63) is 60.2 Å². The van der Waals surface area contributed by atoms with Gasteiger partial charge in [-0.1, -0.05) is 48.2 Å². The van der Waals surface area contributed by atoms with Gasteiger partial charge in [-0.05, 0) is 42.5 Å². The lowest BCUT2D eigenvalue weighted by molar-refractivity contribution is -0.135. The lowest BCUT2D eigenvalue weighted by Gasteiger charge is -2.29. The van der Waals surface area contributed by atoms with Crippen LogP contribution in [0.4, 0.5) is 11.4 Å². The Morgan fingerprint density at radius 3 is 2.47 bits per heavy atom. The van der Waals surface area contributed by atoms with E-state index in [1.54, 1.807) is 46.4 Å². The molecule has 8 nitrogen and oxygen atoms in total. The molecule has 2 aliphatic heterocycles. The van der Waals surface area contributed by atoms with Crippen molar-refractivity contribution in [2.45, 2.75) is 5.37 Å². The molecular weight excluding hydrogens is 444 g/mol. The van der Waals surface area contributed by atoms with Gasteiger partial charge in [-0.25, -0.2) is 10.0 Å². The Balaban J connectivity index is 1.64. The van der Waals surface area contributed by atoms with Crippen LogP contribution in [0.25, 0.3) is 0 Å². The average molecular weight is 459 g/mol. The number of carbonyl (C=O) groups excluding carboxylic acids is 2. The molecule has 2 aliphatic rings. The highest BCUT2D eigenvalue weighted by Gasteiger charge is 2.53. The summed E-state index contributed by atoms with van der Waals surface area (Å²) >= 11 is 12.3. The minimum atomic E-state index is -1.14. The number of carboxylic acid groups (broad SMARTS) is 1. The summed E-state index contributed by atoms with van der Waals surface area (Å²) in [6, 6.07) is 15.6. The zero-order valence-electron chi connectivity index (χ0n) is 15.2. The molecule has 2 aromatic carbocycles. The number of nitrogens with zero attached hydrogens (tertiary/aromatic N) is 3. The minimum absolute atomic E-state index is 0.198. The van der Waals surface area contributed by atoms with Gasteiger partial charge in [0.2, 0.25) is 5.11 Å². The first kappa shape index (κ1) is 20.3. The van der Waals surface area contributed by atoms with Crippen molar-refractivity contribution in [3.63, 3.8) is 0 Å². The van der Waals surface area contributed by atoms with Crippen LogP contribution in [0.1, 0.15) is 10.4 Å². The van der Waals surface area contributed by atoms with Gasteiger partial charge in [0.25, 0.3) is 11.8 Å². The van der Waals surface area contributed by atoms with Gasteiger partial charge in [0.1, 0.15) is 6.54 Å². The Bertz CT molecular complexity index is 1080. The molecule has 11 heteroatoms. The number of fused-ring (bicyclic) bond motifs is 1. The van der Waals surface area contributed by atoms with E-state index in [2.05, 4.69) is 5.32 Å². The zero-order chi connectivity index (χ0) is 21.4. The molecule has 2 N–H and O–H groups in total. The lowest BCUT2D eigenvalue weighted by Crippen LogP contribution is -2.44. The van der Waals surface area contributed by atoms with Gasteiger partial charge in [0.05, 0.1) is 11.4 Å². The molecule has 30 heavy (non-hydrogen) atoms. The van der Waals surface area contributed by atoms with Gasteiger partial charge in [0, 0.05) is 5.56 Å². The predicted octanol–water partition coefficient (Wildman–Crippen LogP) is 2.21. The fourth-order valence-electron chi connectivity index (χ4n) is 3.12. The predicted molar refractivity (Wildman–Crippen MR) is 121 cm³/mol. The number of para-hydroxylation sites is 1. The Labute approximate surface area is 186 Å². The van der Waals surface area contributed by atoms with Crippen LogP contribution in [0.15, 0.2) is 54.6 Å². The fourth-order valence-corrected chi connectivity index (χ4v) is 5.02. The number of rotatable bonds is 5. The van der Waals surface area contributed by atoms with E-state index in [1.165, 1.54) is 16.7 Å². The number of aliphatic carboxylic acids is 1. The molecule has 0 radical (unpaired) electrons. The summed E-state index contributed by atoms with van der Waals surface area (Å²) < 4.78 is 0.423. The van der Waals surface area contributed by atoms with Crippen molar-refractivity contribution >= 4 is 74.8 Å². The maximum Gasteiger partial charge on any atom is 0.322 e. The van der Waals surface area contributed by atoms with E-state index in [1.807, 2.05) is 18.2 Å². The number of nitrogens with one attached hydrogen (secondary N) is 1. The van der Waals surface area contributed by atoms with Crippen molar-refractivity contribution in [2.24, 2.45) is 0 Å². The van der Waals surface area contributed by atoms with Gasteiger partial charge < -0.3 is 10.4 Å². The molecular formula is C19H14N4O4S3. The van der Waals surface area contributed by atoms with Gasteiger partial charge in [-0.3, -0.25) is 19.3 Å². The van der Waals surface area contributed by atoms with Crippen LogP contribution in [0.3, 0.4) is 0 Å². The summed E-state index contributed by atoms with van der Waals surface area (Å²) in [6.45, 7) is -0.486. The van der Waals surface area contributed by atoms with E-state index in [9.17, 15) is 14.4 Å². The second-order valence-electron chi connectivity index (χ2n) is 6.31. The van der Waals surface area contributed by atoms with E-state index in [0.29, 0.717) is 15.7 Å². The number of hydrazine groups is 1. The second-order valence-corrected chi connectivity index (χ2v) is 8.39. The first-order chi connectivity index (χ1) is 14.4. The molecule has 0 bridgehead atoms. The molecule has 2 heterocycles. The molecule has 1 unspecified atom stereocenters.